The van der Waals surface area contributed by atoms with Gasteiger partial charge in [-0.05, 0) is 36.4 Å². The molecule has 3 rings (SSSR count). The number of rotatable bonds is 3. The van der Waals surface area contributed by atoms with Gasteiger partial charge in [-0.25, -0.2) is 13.4 Å². The highest BCUT2D eigenvalue weighted by Gasteiger charge is 2.23. The lowest BCUT2D eigenvalue weighted by Crippen LogP contribution is -2.49. The van der Waals surface area contributed by atoms with Gasteiger partial charge in [-0.1, -0.05) is 6.07 Å². The van der Waals surface area contributed by atoms with E-state index in [-0.39, 0.29) is 10.8 Å². The molecular weight excluding hydrogens is 326 g/mol. The Labute approximate surface area is 141 Å². The standard InChI is InChI=1S/C17H19N3O3S/c1-24(22,23)15-7-5-14(6-8-15)17(21)20-12-10-19(11-13-20)16-4-2-3-9-18-16/h2-9H,10-13H2,1H3. The molecule has 1 fully saturated rings. The Hall–Kier alpha value is -2.41. The number of anilines is 1. The zero-order chi connectivity index (χ0) is 17.2. The summed E-state index contributed by atoms with van der Waals surface area (Å²) < 4.78 is 23.0. The second-order valence-corrected chi connectivity index (χ2v) is 7.78. The third-order valence-corrected chi connectivity index (χ3v) is 5.20. The van der Waals surface area contributed by atoms with E-state index in [1.54, 1.807) is 23.2 Å². The fourth-order valence-corrected chi connectivity index (χ4v) is 3.34. The zero-order valence-corrected chi connectivity index (χ0v) is 14.2. The predicted molar refractivity (Wildman–Crippen MR) is 91.9 cm³/mol. The zero-order valence-electron chi connectivity index (χ0n) is 13.4. The summed E-state index contributed by atoms with van der Waals surface area (Å²) in [4.78, 5) is 21.0. The predicted octanol–water partition coefficient (Wildman–Crippen LogP) is 1.45. The van der Waals surface area contributed by atoms with Crippen molar-refractivity contribution in [2.45, 2.75) is 4.90 Å². The van der Waals surface area contributed by atoms with Crippen molar-refractivity contribution < 1.29 is 13.2 Å². The first-order chi connectivity index (χ1) is 11.4. The third kappa shape index (κ3) is 3.56. The molecule has 2 heterocycles. The highest BCUT2D eigenvalue weighted by Crippen LogP contribution is 2.16. The molecule has 0 aliphatic carbocycles. The fourth-order valence-electron chi connectivity index (χ4n) is 2.71. The summed E-state index contributed by atoms with van der Waals surface area (Å²) in [6.07, 6.45) is 2.91. The highest BCUT2D eigenvalue weighted by atomic mass is 32.2. The number of nitrogens with zero attached hydrogens (tertiary/aromatic N) is 3. The van der Waals surface area contributed by atoms with Crippen LogP contribution in [-0.4, -0.2) is 56.6 Å². The molecule has 126 valence electrons. The average molecular weight is 345 g/mol. The minimum Gasteiger partial charge on any atom is -0.353 e. The lowest BCUT2D eigenvalue weighted by atomic mass is 10.2. The van der Waals surface area contributed by atoms with Crippen LogP contribution < -0.4 is 4.90 Å². The van der Waals surface area contributed by atoms with Crippen molar-refractivity contribution in [2.75, 3.05) is 37.3 Å². The molecule has 0 radical (unpaired) electrons. The van der Waals surface area contributed by atoms with Crippen LogP contribution >= 0.6 is 0 Å². The van der Waals surface area contributed by atoms with Gasteiger partial charge in [0.1, 0.15) is 5.82 Å². The first-order valence-corrected chi connectivity index (χ1v) is 9.60. The Morgan fingerprint density at radius 1 is 1.00 bits per heavy atom. The highest BCUT2D eigenvalue weighted by molar-refractivity contribution is 7.90. The van der Waals surface area contributed by atoms with E-state index in [1.165, 1.54) is 12.1 Å². The smallest absolute Gasteiger partial charge is 0.253 e. The molecule has 0 unspecified atom stereocenters. The van der Waals surface area contributed by atoms with Crippen LogP contribution in [-0.2, 0) is 9.84 Å². The number of pyridine rings is 1. The first-order valence-electron chi connectivity index (χ1n) is 7.70. The topological polar surface area (TPSA) is 70.6 Å². The summed E-state index contributed by atoms with van der Waals surface area (Å²) in [7, 11) is -3.25. The molecule has 6 nitrogen and oxygen atoms in total. The van der Waals surface area contributed by atoms with Gasteiger partial charge in [0.05, 0.1) is 4.90 Å². The summed E-state index contributed by atoms with van der Waals surface area (Å²) in [5.74, 6) is 0.845. The maximum absolute atomic E-state index is 12.5. The van der Waals surface area contributed by atoms with Crippen LogP contribution in [0.25, 0.3) is 0 Å². The van der Waals surface area contributed by atoms with Gasteiger partial charge in [0.2, 0.25) is 0 Å². The number of carbonyl (C=O) groups excluding carboxylic acids is 1. The van der Waals surface area contributed by atoms with E-state index in [2.05, 4.69) is 9.88 Å². The van der Waals surface area contributed by atoms with E-state index in [0.29, 0.717) is 18.7 Å². The summed E-state index contributed by atoms with van der Waals surface area (Å²) in [5.41, 5.74) is 0.508. The number of carbonyl (C=O) groups is 1. The van der Waals surface area contributed by atoms with E-state index in [4.69, 9.17) is 0 Å². The van der Waals surface area contributed by atoms with Crippen molar-refractivity contribution in [1.29, 1.82) is 0 Å². The number of benzene rings is 1. The van der Waals surface area contributed by atoms with Crippen molar-refractivity contribution in [3.8, 4) is 0 Å². The van der Waals surface area contributed by atoms with Gasteiger partial charge in [-0.3, -0.25) is 4.79 Å². The molecule has 0 atom stereocenters. The van der Waals surface area contributed by atoms with Crippen LogP contribution in [0.2, 0.25) is 0 Å². The number of aromatic nitrogens is 1. The van der Waals surface area contributed by atoms with Crippen molar-refractivity contribution in [1.82, 2.24) is 9.88 Å². The van der Waals surface area contributed by atoms with E-state index in [0.717, 1.165) is 25.2 Å². The van der Waals surface area contributed by atoms with Gasteiger partial charge in [-0.15, -0.1) is 0 Å². The second kappa shape index (κ2) is 6.60. The van der Waals surface area contributed by atoms with E-state index in [9.17, 15) is 13.2 Å². The average Bonchev–Trinajstić information content (AvgIpc) is 2.61. The molecular formula is C17H19N3O3S. The molecule has 24 heavy (non-hydrogen) atoms. The van der Waals surface area contributed by atoms with Gasteiger partial charge in [0.15, 0.2) is 9.84 Å². The van der Waals surface area contributed by atoms with E-state index < -0.39 is 9.84 Å². The number of amides is 1. The number of hydrogen-bond acceptors (Lipinski definition) is 5. The lowest BCUT2D eigenvalue weighted by molar-refractivity contribution is 0.0746. The Kier molecular flexibility index (Phi) is 4.53. The number of sulfone groups is 1. The molecule has 0 spiro atoms. The fraction of sp³-hybridized carbons (Fsp3) is 0.294. The summed E-state index contributed by atoms with van der Waals surface area (Å²) in [6.45, 7) is 2.68. The minimum atomic E-state index is -3.25. The third-order valence-electron chi connectivity index (χ3n) is 4.07. The van der Waals surface area contributed by atoms with Crippen molar-refractivity contribution >= 4 is 21.6 Å². The first kappa shape index (κ1) is 16.4. The maximum atomic E-state index is 12.5. The largest absolute Gasteiger partial charge is 0.353 e. The Morgan fingerprint density at radius 2 is 1.67 bits per heavy atom. The van der Waals surface area contributed by atoms with E-state index >= 15 is 0 Å². The second-order valence-electron chi connectivity index (χ2n) is 5.76. The molecule has 1 aromatic carbocycles. The lowest BCUT2D eigenvalue weighted by Gasteiger charge is -2.35. The minimum absolute atomic E-state index is 0.0734. The van der Waals surface area contributed by atoms with Crippen LogP contribution in [0, 0.1) is 0 Å². The molecule has 1 aliphatic heterocycles. The van der Waals surface area contributed by atoms with Gasteiger partial charge < -0.3 is 9.80 Å². The Bertz CT molecular complexity index is 812. The normalized spacial score (nSPS) is 15.4. The summed E-state index contributed by atoms with van der Waals surface area (Å²) >= 11 is 0. The van der Waals surface area contributed by atoms with Crippen molar-refractivity contribution in [3.05, 3.63) is 54.2 Å². The quantitative estimate of drug-likeness (QED) is 0.842. The van der Waals surface area contributed by atoms with Crippen molar-refractivity contribution in [3.63, 3.8) is 0 Å². The van der Waals surface area contributed by atoms with Crippen LogP contribution in [0.5, 0.6) is 0 Å². The molecule has 1 aliphatic rings. The number of piperazine rings is 1. The van der Waals surface area contributed by atoms with Crippen LogP contribution in [0.3, 0.4) is 0 Å². The van der Waals surface area contributed by atoms with Gasteiger partial charge >= 0.3 is 0 Å². The monoisotopic (exact) mass is 345 g/mol. The van der Waals surface area contributed by atoms with E-state index in [1.807, 2.05) is 18.2 Å². The van der Waals surface area contributed by atoms with Crippen LogP contribution in [0.1, 0.15) is 10.4 Å². The molecule has 1 saturated heterocycles. The summed E-state index contributed by atoms with van der Waals surface area (Å²) in [5, 5.41) is 0. The number of hydrogen-bond donors (Lipinski definition) is 0. The molecule has 0 bridgehead atoms. The SMILES string of the molecule is CS(=O)(=O)c1ccc(C(=O)N2CCN(c3ccccn3)CC2)cc1. The molecule has 1 amide bonds. The Balaban J connectivity index is 1.65. The summed E-state index contributed by atoms with van der Waals surface area (Å²) in [6, 6.07) is 11.9. The Morgan fingerprint density at radius 3 is 2.21 bits per heavy atom. The van der Waals surface area contributed by atoms with Gasteiger partial charge in [0.25, 0.3) is 5.91 Å². The van der Waals surface area contributed by atoms with Gasteiger partial charge in [0, 0.05) is 44.2 Å². The van der Waals surface area contributed by atoms with Crippen molar-refractivity contribution in [2.24, 2.45) is 0 Å². The van der Waals surface area contributed by atoms with Gasteiger partial charge in [-0.2, -0.15) is 0 Å². The molecule has 2 aromatic rings. The molecule has 0 N–H and O–H groups in total. The van der Waals surface area contributed by atoms with Crippen LogP contribution in [0.15, 0.2) is 53.6 Å². The van der Waals surface area contributed by atoms with Crippen LogP contribution in [0.4, 0.5) is 5.82 Å². The maximum Gasteiger partial charge on any atom is 0.253 e. The molecule has 7 heteroatoms. The molecule has 1 aromatic heterocycles. The molecule has 0 saturated carbocycles.